The molecule has 22 heavy (non-hydrogen) atoms. The maximum atomic E-state index is 2.67. The molecule has 2 fully saturated rings. The molecule has 4 aliphatic carbocycles. The molecule has 0 bridgehead atoms. The van der Waals surface area contributed by atoms with Crippen LogP contribution in [0.5, 0.6) is 0 Å². The standard InChI is InChI=1S/C22H36/c1-4-7-16-10-12-19-18-11-9-17-8-5-6-14-21(17,2)20(18)13-15-22(16,19)3/h16-17,19H,4-15H2,1-3H3/t16-,17?,19-,21-,22+/m0/s1. The fourth-order valence-electron chi connectivity index (χ4n) is 7.42. The van der Waals surface area contributed by atoms with Gasteiger partial charge in [0, 0.05) is 0 Å². The maximum absolute atomic E-state index is 2.67. The molecule has 0 heteroatoms. The fraction of sp³-hybridized carbons (Fsp3) is 0.909. The molecule has 0 aromatic carbocycles. The van der Waals surface area contributed by atoms with Crippen molar-refractivity contribution in [1.82, 2.24) is 0 Å². The van der Waals surface area contributed by atoms with E-state index < -0.39 is 0 Å². The van der Waals surface area contributed by atoms with Gasteiger partial charge in [0.1, 0.15) is 0 Å². The number of allylic oxidation sites excluding steroid dienone is 2. The van der Waals surface area contributed by atoms with Crippen LogP contribution in [-0.2, 0) is 0 Å². The van der Waals surface area contributed by atoms with Crippen molar-refractivity contribution >= 4 is 0 Å². The molecule has 0 aromatic rings. The highest BCUT2D eigenvalue weighted by Gasteiger charge is 2.54. The van der Waals surface area contributed by atoms with E-state index in [0.717, 1.165) is 17.8 Å². The van der Waals surface area contributed by atoms with Gasteiger partial charge in [-0.25, -0.2) is 0 Å². The molecular formula is C22H36. The normalized spacial score (nSPS) is 47.9. The summed E-state index contributed by atoms with van der Waals surface area (Å²) in [5, 5.41) is 0. The predicted molar refractivity (Wildman–Crippen MR) is 94.8 cm³/mol. The molecule has 0 amide bonds. The first kappa shape index (κ1) is 15.3. The van der Waals surface area contributed by atoms with E-state index in [1.54, 1.807) is 0 Å². The quantitative estimate of drug-likeness (QED) is 0.486. The predicted octanol–water partition coefficient (Wildman–Crippen LogP) is 6.90. The third kappa shape index (κ3) is 2.01. The second kappa shape index (κ2) is 5.38. The molecule has 0 heterocycles. The third-order valence-corrected chi connectivity index (χ3v) is 8.74. The lowest BCUT2D eigenvalue weighted by molar-refractivity contribution is 0.0813. The van der Waals surface area contributed by atoms with Gasteiger partial charge in [0.15, 0.2) is 0 Å². The van der Waals surface area contributed by atoms with Crippen LogP contribution >= 0.6 is 0 Å². The van der Waals surface area contributed by atoms with Crippen LogP contribution in [0, 0.1) is 28.6 Å². The zero-order chi connectivity index (χ0) is 15.4. The van der Waals surface area contributed by atoms with E-state index in [9.17, 15) is 0 Å². The molecule has 1 unspecified atom stereocenters. The van der Waals surface area contributed by atoms with Crippen molar-refractivity contribution in [1.29, 1.82) is 0 Å². The van der Waals surface area contributed by atoms with Crippen LogP contribution in [0.1, 0.15) is 97.8 Å². The van der Waals surface area contributed by atoms with Gasteiger partial charge in [-0.05, 0) is 80.0 Å². The van der Waals surface area contributed by atoms with Gasteiger partial charge in [-0.3, -0.25) is 0 Å². The van der Waals surface area contributed by atoms with Gasteiger partial charge in [-0.1, -0.05) is 57.6 Å². The van der Waals surface area contributed by atoms with Gasteiger partial charge >= 0.3 is 0 Å². The summed E-state index contributed by atoms with van der Waals surface area (Å²) in [5.74, 6) is 3.01. The molecule has 124 valence electrons. The lowest BCUT2D eigenvalue weighted by Crippen LogP contribution is -2.43. The molecule has 4 rings (SSSR count). The second-order valence-corrected chi connectivity index (χ2v) is 9.52. The van der Waals surface area contributed by atoms with Crippen LogP contribution in [-0.4, -0.2) is 0 Å². The minimum absolute atomic E-state index is 0.607. The summed E-state index contributed by atoms with van der Waals surface area (Å²) in [5.41, 5.74) is 5.25. The van der Waals surface area contributed by atoms with E-state index in [-0.39, 0.29) is 0 Å². The Bertz CT molecular complexity index is 472. The molecule has 0 N–H and O–H groups in total. The van der Waals surface area contributed by atoms with Crippen molar-refractivity contribution in [2.45, 2.75) is 97.8 Å². The Hall–Kier alpha value is -0.260. The van der Waals surface area contributed by atoms with Gasteiger partial charge in [0.05, 0.1) is 0 Å². The summed E-state index contributed by atoms with van der Waals surface area (Å²) in [6, 6.07) is 0. The van der Waals surface area contributed by atoms with E-state index in [4.69, 9.17) is 0 Å². The summed E-state index contributed by atoms with van der Waals surface area (Å²) in [6.45, 7) is 7.72. The maximum Gasteiger partial charge on any atom is -0.00852 e. The Kier molecular flexibility index (Phi) is 3.74. The molecule has 0 aliphatic heterocycles. The van der Waals surface area contributed by atoms with Crippen molar-refractivity contribution in [3.05, 3.63) is 11.1 Å². The van der Waals surface area contributed by atoms with E-state index in [1.165, 1.54) is 77.0 Å². The first-order valence-electron chi connectivity index (χ1n) is 10.3. The monoisotopic (exact) mass is 300 g/mol. The molecular weight excluding hydrogens is 264 g/mol. The van der Waals surface area contributed by atoms with Crippen molar-refractivity contribution < 1.29 is 0 Å². The number of rotatable bonds is 2. The van der Waals surface area contributed by atoms with E-state index in [2.05, 4.69) is 20.8 Å². The highest BCUT2D eigenvalue weighted by Crippen LogP contribution is 2.65. The molecule has 5 atom stereocenters. The Morgan fingerprint density at radius 2 is 1.82 bits per heavy atom. The van der Waals surface area contributed by atoms with E-state index in [1.807, 2.05) is 11.1 Å². The van der Waals surface area contributed by atoms with Crippen LogP contribution in [0.4, 0.5) is 0 Å². The summed E-state index contributed by atoms with van der Waals surface area (Å²) >= 11 is 0. The Morgan fingerprint density at radius 3 is 2.64 bits per heavy atom. The third-order valence-electron chi connectivity index (χ3n) is 8.74. The molecule has 2 saturated carbocycles. The van der Waals surface area contributed by atoms with Gasteiger partial charge in [-0.2, -0.15) is 0 Å². The highest BCUT2D eigenvalue weighted by molar-refractivity contribution is 5.34. The first-order valence-corrected chi connectivity index (χ1v) is 10.3. The molecule has 0 spiro atoms. The van der Waals surface area contributed by atoms with Crippen molar-refractivity contribution in [3.63, 3.8) is 0 Å². The van der Waals surface area contributed by atoms with E-state index >= 15 is 0 Å². The average Bonchev–Trinajstić information content (AvgIpc) is 2.84. The molecule has 4 aliphatic rings. The minimum Gasteiger partial charge on any atom is -0.0668 e. The van der Waals surface area contributed by atoms with Crippen LogP contribution in [0.25, 0.3) is 0 Å². The van der Waals surface area contributed by atoms with Crippen LogP contribution in [0.2, 0.25) is 0 Å². The van der Waals surface area contributed by atoms with Crippen molar-refractivity contribution in [2.24, 2.45) is 28.6 Å². The van der Waals surface area contributed by atoms with Crippen LogP contribution in [0.3, 0.4) is 0 Å². The Balaban J connectivity index is 1.69. The molecule has 0 radical (unpaired) electrons. The second-order valence-electron chi connectivity index (χ2n) is 9.52. The van der Waals surface area contributed by atoms with Gasteiger partial charge in [0.25, 0.3) is 0 Å². The molecule has 0 saturated heterocycles. The lowest BCUT2D eigenvalue weighted by atomic mass is 9.51. The summed E-state index contributed by atoms with van der Waals surface area (Å²) in [6.07, 6.45) is 17.9. The van der Waals surface area contributed by atoms with Crippen LogP contribution in [0.15, 0.2) is 11.1 Å². The SMILES string of the molecule is CCC[C@H]1CC[C@H]2C3=C(CC[C@]12C)[C@@]1(C)CCCCC1CC3. The van der Waals surface area contributed by atoms with Gasteiger partial charge in [-0.15, -0.1) is 0 Å². The Morgan fingerprint density at radius 1 is 0.955 bits per heavy atom. The topological polar surface area (TPSA) is 0 Å². The first-order chi connectivity index (χ1) is 10.6. The number of hydrogen-bond acceptors (Lipinski definition) is 0. The van der Waals surface area contributed by atoms with E-state index in [0.29, 0.717) is 10.8 Å². The molecule has 0 nitrogen and oxygen atoms in total. The largest absolute Gasteiger partial charge is 0.0668 e. The minimum atomic E-state index is 0.607. The molecule has 0 aromatic heterocycles. The van der Waals surface area contributed by atoms with Gasteiger partial charge in [0.2, 0.25) is 0 Å². The fourth-order valence-corrected chi connectivity index (χ4v) is 7.42. The number of hydrogen-bond donors (Lipinski definition) is 0. The van der Waals surface area contributed by atoms with Crippen LogP contribution < -0.4 is 0 Å². The summed E-state index contributed by atoms with van der Waals surface area (Å²) < 4.78 is 0. The summed E-state index contributed by atoms with van der Waals surface area (Å²) in [4.78, 5) is 0. The van der Waals surface area contributed by atoms with Crippen molar-refractivity contribution in [3.8, 4) is 0 Å². The summed E-state index contributed by atoms with van der Waals surface area (Å²) in [7, 11) is 0. The zero-order valence-corrected chi connectivity index (χ0v) is 15.2. The highest BCUT2D eigenvalue weighted by atomic mass is 14.6. The van der Waals surface area contributed by atoms with Gasteiger partial charge < -0.3 is 0 Å². The lowest BCUT2D eigenvalue weighted by Gasteiger charge is -2.54. The average molecular weight is 301 g/mol. The zero-order valence-electron chi connectivity index (χ0n) is 15.2. The number of fused-ring (bicyclic) bond motifs is 4. The smallest absolute Gasteiger partial charge is 0.00852 e. The van der Waals surface area contributed by atoms with Crippen molar-refractivity contribution in [2.75, 3.05) is 0 Å². The Labute approximate surface area is 138 Å².